The molecule has 0 aliphatic carbocycles. The average molecular weight is 314 g/mol. The highest BCUT2D eigenvalue weighted by Crippen LogP contribution is 2.16. The summed E-state index contributed by atoms with van der Waals surface area (Å²) in [6.45, 7) is 1.32. The van der Waals surface area contributed by atoms with Crippen molar-refractivity contribution in [1.82, 2.24) is 19.7 Å². The van der Waals surface area contributed by atoms with Crippen LogP contribution in [-0.4, -0.2) is 32.4 Å². The Morgan fingerprint density at radius 2 is 2.26 bits per heavy atom. The first-order valence-corrected chi connectivity index (χ1v) is 7.90. The molecule has 3 aromatic rings. The number of hydrogen-bond acceptors (Lipinski definition) is 5. The molecule has 1 aliphatic rings. The summed E-state index contributed by atoms with van der Waals surface area (Å²) in [7, 11) is 0. The number of H-pyrrole nitrogens is 1. The van der Waals surface area contributed by atoms with Gasteiger partial charge in [-0.25, -0.2) is 4.79 Å². The Hall–Kier alpha value is -2.41. The van der Waals surface area contributed by atoms with Crippen LogP contribution in [0, 0.1) is 0 Å². The molecule has 1 fully saturated rings. The van der Waals surface area contributed by atoms with Gasteiger partial charge in [-0.05, 0) is 25.0 Å². The zero-order valence-electron chi connectivity index (χ0n) is 12.7. The summed E-state index contributed by atoms with van der Waals surface area (Å²) >= 11 is 0. The first-order chi connectivity index (χ1) is 11.3. The van der Waals surface area contributed by atoms with E-state index in [2.05, 4.69) is 15.1 Å². The molecule has 1 aromatic carbocycles. The molecule has 0 bridgehead atoms. The number of ether oxygens (including phenoxy) is 1. The highest BCUT2D eigenvalue weighted by atomic mass is 16.5. The summed E-state index contributed by atoms with van der Waals surface area (Å²) in [5, 5.41) is 4.00. The highest BCUT2D eigenvalue weighted by molar-refractivity contribution is 5.74. The van der Waals surface area contributed by atoms with Crippen molar-refractivity contribution in [3.63, 3.8) is 0 Å². The van der Waals surface area contributed by atoms with Crippen LogP contribution in [0.3, 0.4) is 0 Å². The number of fused-ring (bicyclic) bond motifs is 1. The summed E-state index contributed by atoms with van der Waals surface area (Å²) < 4.78 is 12.6. The van der Waals surface area contributed by atoms with E-state index in [1.54, 1.807) is 4.57 Å². The molecular formula is C16H18N4O3. The van der Waals surface area contributed by atoms with Gasteiger partial charge in [-0.1, -0.05) is 17.3 Å². The van der Waals surface area contributed by atoms with Gasteiger partial charge in [0.15, 0.2) is 5.82 Å². The number of aromatic nitrogens is 4. The van der Waals surface area contributed by atoms with E-state index in [-0.39, 0.29) is 11.8 Å². The molecule has 0 saturated carbocycles. The van der Waals surface area contributed by atoms with E-state index >= 15 is 0 Å². The standard InChI is InChI=1S/C16H18N4O3/c21-16-17-12-5-1-2-6-13(12)20(16)8-7-15-18-14(19-23-15)10-11-4-3-9-22-11/h1-2,5-6,11H,3-4,7-10H2,(H,17,21). The summed E-state index contributed by atoms with van der Waals surface area (Å²) in [5.41, 5.74) is 1.60. The fraction of sp³-hybridized carbons (Fsp3) is 0.438. The number of nitrogens with zero attached hydrogens (tertiary/aromatic N) is 3. The van der Waals surface area contributed by atoms with Crippen LogP contribution >= 0.6 is 0 Å². The van der Waals surface area contributed by atoms with Crippen LogP contribution in [0.1, 0.15) is 24.6 Å². The Labute approximate surface area is 132 Å². The number of imidazole rings is 1. The van der Waals surface area contributed by atoms with Gasteiger partial charge in [0, 0.05) is 26.0 Å². The molecule has 23 heavy (non-hydrogen) atoms. The molecule has 4 rings (SSSR count). The summed E-state index contributed by atoms with van der Waals surface area (Å²) in [5.74, 6) is 1.23. The molecule has 7 heteroatoms. The second-order valence-corrected chi connectivity index (χ2v) is 5.79. The van der Waals surface area contributed by atoms with Crippen molar-refractivity contribution in [1.29, 1.82) is 0 Å². The second kappa shape index (κ2) is 6.00. The lowest BCUT2D eigenvalue weighted by molar-refractivity contribution is 0.109. The van der Waals surface area contributed by atoms with E-state index < -0.39 is 0 Å². The molecule has 1 aliphatic heterocycles. The molecule has 1 N–H and O–H groups in total. The smallest absolute Gasteiger partial charge is 0.326 e. The summed E-state index contributed by atoms with van der Waals surface area (Å²) in [6, 6.07) is 7.63. The van der Waals surface area contributed by atoms with Gasteiger partial charge in [-0.15, -0.1) is 0 Å². The number of hydrogen-bond donors (Lipinski definition) is 1. The minimum Gasteiger partial charge on any atom is -0.378 e. The van der Waals surface area contributed by atoms with Crippen LogP contribution in [0.2, 0.25) is 0 Å². The maximum absolute atomic E-state index is 12.0. The number of aromatic amines is 1. The number of para-hydroxylation sites is 2. The van der Waals surface area contributed by atoms with Crippen molar-refractivity contribution in [3.8, 4) is 0 Å². The maximum Gasteiger partial charge on any atom is 0.326 e. The van der Waals surface area contributed by atoms with Crippen LogP contribution in [0.5, 0.6) is 0 Å². The number of rotatable bonds is 5. The lowest BCUT2D eigenvalue weighted by atomic mass is 10.2. The zero-order valence-corrected chi connectivity index (χ0v) is 12.7. The Bertz CT molecular complexity index is 857. The normalized spacial score (nSPS) is 18.0. The van der Waals surface area contributed by atoms with Gasteiger partial charge in [0.1, 0.15) is 0 Å². The van der Waals surface area contributed by atoms with Gasteiger partial charge in [-0.2, -0.15) is 4.98 Å². The highest BCUT2D eigenvalue weighted by Gasteiger charge is 2.19. The quantitative estimate of drug-likeness (QED) is 0.774. The van der Waals surface area contributed by atoms with E-state index in [1.807, 2.05) is 24.3 Å². The summed E-state index contributed by atoms with van der Waals surface area (Å²) in [4.78, 5) is 19.3. The molecule has 0 radical (unpaired) electrons. The van der Waals surface area contributed by atoms with Crippen LogP contribution < -0.4 is 5.69 Å². The third-order valence-electron chi connectivity index (χ3n) is 4.18. The number of nitrogens with one attached hydrogen (secondary N) is 1. The predicted octanol–water partition coefficient (Wildman–Crippen LogP) is 1.68. The van der Waals surface area contributed by atoms with Gasteiger partial charge in [0.2, 0.25) is 5.89 Å². The Morgan fingerprint density at radius 1 is 1.35 bits per heavy atom. The lowest BCUT2D eigenvalue weighted by Crippen LogP contribution is -2.18. The van der Waals surface area contributed by atoms with Gasteiger partial charge in [0.05, 0.1) is 17.1 Å². The van der Waals surface area contributed by atoms with E-state index in [9.17, 15) is 4.79 Å². The van der Waals surface area contributed by atoms with Crippen molar-refractivity contribution < 1.29 is 9.26 Å². The van der Waals surface area contributed by atoms with E-state index in [4.69, 9.17) is 9.26 Å². The first kappa shape index (κ1) is 14.2. The summed E-state index contributed by atoms with van der Waals surface area (Å²) in [6.07, 6.45) is 3.57. The van der Waals surface area contributed by atoms with E-state index in [0.29, 0.717) is 31.1 Å². The second-order valence-electron chi connectivity index (χ2n) is 5.79. The van der Waals surface area contributed by atoms with Gasteiger partial charge in [0.25, 0.3) is 0 Å². The molecule has 0 spiro atoms. The Balaban J connectivity index is 1.45. The minimum absolute atomic E-state index is 0.120. The van der Waals surface area contributed by atoms with E-state index in [0.717, 1.165) is 30.5 Å². The zero-order chi connectivity index (χ0) is 15.6. The maximum atomic E-state index is 12.0. The Kier molecular flexibility index (Phi) is 3.70. The van der Waals surface area contributed by atoms with Crippen LogP contribution in [0.4, 0.5) is 0 Å². The minimum atomic E-state index is -0.120. The monoisotopic (exact) mass is 314 g/mol. The van der Waals surface area contributed by atoms with Crippen LogP contribution in [-0.2, 0) is 24.1 Å². The van der Waals surface area contributed by atoms with Crippen molar-refractivity contribution in [2.45, 2.75) is 38.3 Å². The van der Waals surface area contributed by atoms with Crippen molar-refractivity contribution in [2.24, 2.45) is 0 Å². The molecule has 1 unspecified atom stereocenters. The predicted molar refractivity (Wildman–Crippen MR) is 83.2 cm³/mol. The van der Waals surface area contributed by atoms with Gasteiger partial charge < -0.3 is 14.2 Å². The molecule has 1 saturated heterocycles. The number of benzene rings is 1. The molecule has 0 amide bonds. The van der Waals surface area contributed by atoms with Crippen LogP contribution in [0.15, 0.2) is 33.6 Å². The average Bonchev–Trinajstić information content (AvgIpc) is 3.26. The molecule has 2 aromatic heterocycles. The Morgan fingerprint density at radius 3 is 3.13 bits per heavy atom. The van der Waals surface area contributed by atoms with E-state index in [1.165, 1.54) is 0 Å². The van der Waals surface area contributed by atoms with Gasteiger partial charge >= 0.3 is 5.69 Å². The van der Waals surface area contributed by atoms with Crippen molar-refractivity contribution >= 4 is 11.0 Å². The first-order valence-electron chi connectivity index (χ1n) is 7.90. The fourth-order valence-electron chi connectivity index (χ4n) is 3.02. The largest absolute Gasteiger partial charge is 0.378 e. The SMILES string of the molecule is O=c1[nH]c2ccccc2n1CCc1nc(CC2CCCO2)no1. The molecular weight excluding hydrogens is 296 g/mol. The van der Waals surface area contributed by atoms with Crippen molar-refractivity contribution in [2.75, 3.05) is 6.61 Å². The fourth-order valence-corrected chi connectivity index (χ4v) is 3.02. The van der Waals surface area contributed by atoms with Gasteiger partial charge in [-0.3, -0.25) is 4.57 Å². The third kappa shape index (κ3) is 2.92. The topological polar surface area (TPSA) is 85.9 Å². The molecule has 120 valence electrons. The molecule has 7 nitrogen and oxygen atoms in total. The van der Waals surface area contributed by atoms with Crippen molar-refractivity contribution in [3.05, 3.63) is 46.5 Å². The lowest BCUT2D eigenvalue weighted by Gasteiger charge is -2.03. The molecule has 3 heterocycles. The number of aryl methyl sites for hydroxylation is 2. The van der Waals surface area contributed by atoms with Crippen LogP contribution in [0.25, 0.3) is 11.0 Å². The molecule has 1 atom stereocenters. The third-order valence-corrected chi connectivity index (χ3v) is 4.18.